The molecule has 150 valence electrons. The molecular formula is C18H27N3O5S. The fraction of sp³-hybridized carbons (Fsp3) is 0.556. The molecule has 0 aromatic carbocycles. The number of carbonyl (C=O) groups is 2. The maximum absolute atomic E-state index is 12.2. The molecule has 1 aliphatic heterocycles. The molecule has 1 heterocycles. The van der Waals surface area contributed by atoms with Gasteiger partial charge in [-0.3, -0.25) is 14.8 Å². The first-order valence-electron chi connectivity index (χ1n) is 8.99. The Morgan fingerprint density at radius 3 is 2.63 bits per heavy atom. The third kappa shape index (κ3) is 6.84. The van der Waals surface area contributed by atoms with Crippen LogP contribution in [0.2, 0.25) is 0 Å². The monoisotopic (exact) mass is 397 g/mol. The summed E-state index contributed by atoms with van der Waals surface area (Å²) in [5, 5.41) is 8.61. The van der Waals surface area contributed by atoms with Gasteiger partial charge in [0.25, 0.3) is 5.91 Å². The molecule has 27 heavy (non-hydrogen) atoms. The number of hydrogen-bond acceptors (Lipinski definition) is 6. The topological polar surface area (TPSA) is 107 Å². The molecule has 0 radical (unpaired) electrons. The maximum Gasteiger partial charge on any atom is 0.267 e. The minimum atomic E-state index is -3.04. The summed E-state index contributed by atoms with van der Waals surface area (Å²) in [6.07, 6.45) is 11.7. The fourth-order valence-corrected chi connectivity index (χ4v) is 3.92. The number of rotatable bonds is 7. The summed E-state index contributed by atoms with van der Waals surface area (Å²) in [5.41, 5.74) is 2.67. The van der Waals surface area contributed by atoms with Crippen molar-refractivity contribution in [2.45, 2.75) is 19.3 Å². The Kier molecular flexibility index (Phi) is 7.61. The van der Waals surface area contributed by atoms with E-state index in [2.05, 4.69) is 4.90 Å². The molecule has 2 rings (SSSR count). The van der Waals surface area contributed by atoms with Gasteiger partial charge in [0.2, 0.25) is 5.91 Å². The molecule has 1 aliphatic carbocycles. The molecule has 0 unspecified atom stereocenters. The van der Waals surface area contributed by atoms with Crippen LogP contribution in [0, 0.1) is 5.92 Å². The SMILES string of the molecule is CS(=O)(=O)CCCC(=O)N1CCN(C2=CC=CC[C@H]2/C=C/C(=O)NO)CC1. The van der Waals surface area contributed by atoms with Gasteiger partial charge in [0.1, 0.15) is 9.84 Å². The highest BCUT2D eigenvalue weighted by Crippen LogP contribution is 2.26. The minimum Gasteiger partial charge on any atom is -0.371 e. The van der Waals surface area contributed by atoms with E-state index in [0.29, 0.717) is 32.6 Å². The molecule has 8 nitrogen and oxygen atoms in total. The highest BCUT2D eigenvalue weighted by atomic mass is 32.2. The summed E-state index contributed by atoms with van der Waals surface area (Å²) in [4.78, 5) is 27.5. The summed E-state index contributed by atoms with van der Waals surface area (Å²) < 4.78 is 22.3. The fourth-order valence-electron chi connectivity index (χ4n) is 3.25. The smallest absolute Gasteiger partial charge is 0.267 e. The Morgan fingerprint density at radius 2 is 2.00 bits per heavy atom. The molecule has 9 heteroatoms. The molecule has 2 N–H and O–H groups in total. The Labute approximate surface area is 160 Å². The molecule has 1 atom stereocenters. The van der Waals surface area contributed by atoms with Crippen LogP contribution in [0.3, 0.4) is 0 Å². The van der Waals surface area contributed by atoms with Crippen LogP contribution >= 0.6 is 0 Å². The Hall–Kier alpha value is -2.13. The molecule has 0 saturated carbocycles. The first-order valence-corrected chi connectivity index (χ1v) is 11.1. The molecule has 0 bridgehead atoms. The number of hydroxylamine groups is 1. The highest BCUT2D eigenvalue weighted by Gasteiger charge is 2.25. The zero-order valence-electron chi connectivity index (χ0n) is 15.5. The summed E-state index contributed by atoms with van der Waals surface area (Å²) in [7, 11) is -3.04. The van der Waals surface area contributed by atoms with Crippen LogP contribution in [-0.4, -0.2) is 73.4 Å². The van der Waals surface area contributed by atoms with Crippen LogP contribution in [0.1, 0.15) is 19.3 Å². The van der Waals surface area contributed by atoms with E-state index in [0.717, 1.165) is 12.1 Å². The van der Waals surface area contributed by atoms with Crippen molar-refractivity contribution in [2.24, 2.45) is 5.92 Å². The molecule has 1 saturated heterocycles. The number of amides is 2. The Bertz CT molecular complexity index is 734. The number of nitrogens with zero attached hydrogens (tertiary/aromatic N) is 2. The van der Waals surface area contributed by atoms with Crippen molar-refractivity contribution in [1.29, 1.82) is 0 Å². The van der Waals surface area contributed by atoms with Gasteiger partial charge in [0.15, 0.2) is 0 Å². The predicted molar refractivity (Wildman–Crippen MR) is 101 cm³/mol. The van der Waals surface area contributed by atoms with Crippen LogP contribution in [0.15, 0.2) is 36.1 Å². The van der Waals surface area contributed by atoms with Crippen molar-refractivity contribution in [3.8, 4) is 0 Å². The molecule has 1 fully saturated rings. The first kappa shape index (κ1) is 21.2. The lowest BCUT2D eigenvalue weighted by Crippen LogP contribution is -2.49. The third-order valence-corrected chi connectivity index (χ3v) is 5.70. The second-order valence-corrected chi connectivity index (χ2v) is 9.06. The lowest BCUT2D eigenvalue weighted by molar-refractivity contribution is -0.132. The number of nitrogens with one attached hydrogen (secondary N) is 1. The van der Waals surface area contributed by atoms with Crippen LogP contribution in [0.25, 0.3) is 0 Å². The van der Waals surface area contributed by atoms with E-state index in [-0.39, 0.29) is 24.0 Å². The van der Waals surface area contributed by atoms with E-state index in [4.69, 9.17) is 5.21 Å². The van der Waals surface area contributed by atoms with E-state index in [9.17, 15) is 18.0 Å². The van der Waals surface area contributed by atoms with Crippen LogP contribution < -0.4 is 5.48 Å². The lowest BCUT2D eigenvalue weighted by atomic mass is 9.94. The van der Waals surface area contributed by atoms with Gasteiger partial charge in [-0.2, -0.15) is 0 Å². The van der Waals surface area contributed by atoms with Gasteiger partial charge < -0.3 is 9.80 Å². The quantitative estimate of drug-likeness (QED) is 0.368. The van der Waals surface area contributed by atoms with Crippen molar-refractivity contribution in [2.75, 3.05) is 38.2 Å². The van der Waals surface area contributed by atoms with Gasteiger partial charge in [-0.1, -0.05) is 18.2 Å². The maximum atomic E-state index is 12.2. The van der Waals surface area contributed by atoms with E-state index in [1.807, 2.05) is 18.2 Å². The second kappa shape index (κ2) is 9.70. The van der Waals surface area contributed by atoms with E-state index in [1.165, 1.54) is 12.3 Å². The standard InChI is InChI=1S/C18H27N3O5S/c1-27(25,26)14-4-7-18(23)21-12-10-20(11-13-21)16-6-3-2-5-15(16)8-9-17(22)19-24/h2-3,6,8-9,15,24H,4-5,7,10-14H2,1H3,(H,19,22)/b9-8+/t15-/m0/s1. The van der Waals surface area contributed by atoms with Crippen LogP contribution in [0.5, 0.6) is 0 Å². The highest BCUT2D eigenvalue weighted by molar-refractivity contribution is 7.90. The summed E-state index contributed by atoms with van der Waals surface area (Å²) in [6.45, 7) is 2.56. The average Bonchev–Trinajstić information content (AvgIpc) is 2.65. The molecule has 0 spiro atoms. The lowest BCUT2D eigenvalue weighted by Gasteiger charge is -2.39. The molecule has 2 aliphatic rings. The minimum absolute atomic E-state index is 0.00752. The number of sulfone groups is 1. The van der Waals surface area contributed by atoms with E-state index >= 15 is 0 Å². The average molecular weight is 397 g/mol. The second-order valence-electron chi connectivity index (χ2n) is 6.80. The number of piperazine rings is 1. The van der Waals surface area contributed by atoms with Crippen LogP contribution in [0.4, 0.5) is 0 Å². The van der Waals surface area contributed by atoms with Gasteiger partial charge in [0.05, 0.1) is 5.75 Å². The van der Waals surface area contributed by atoms with Gasteiger partial charge >= 0.3 is 0 Å². The van der Waals surface area contributed by atoms with Crippen molar-refractivity contribution in [1.82, 2.24) is 15.3 Å². The molecular weight excluding hydrogens is 370 g/mol. The van der Waals surface area contributed by atoms with Crippen molar-refractivity contribution in [3.05, 3.63) is 36.1 Å². The summed E-state index contributed by atoms with van der Waals surface area (Å²) in [5.74, 6) is -0.488. The largest absolute Gasteiger partial charge is 0.371 e. The van der Waals surface area contributed by atoms with Gasteiger partial charge in [-0.25, -0.2) is 13.9 Å². The summed E-state index contributed by atoms with van der Waals surface area (Å²) >= 11 is 0. The number of hydrogen-bond donors (Lipinski definition) is 2. The van der Waals surface area contributed by atoms with E-state index < -0.39 is 15.7 Å². The predicted octanol–water partition coefficient (Wildman–Crippen LogP) is 0.477. The van der Waals surface area contributed by atoms with Gasteiger partial charge in [0, 0.05) is 56.5 Å². The summed E-state index contributed by atoms with van der Waals surface area (Å²) in [6, 6.07) is 0. The Balaban J connectivity index is 1.87. The van der Waals surface area contributed by atoms with E-state index in [1.54, 1.807) is 16.5 Å². The molecule has 2 amide bonds. The first-order chi connectivity index (χ1) is 12.8. The Morgan fingerprint density at radius 1 is 1.30 bits per heavy atom. The number of carbonyl (C=O) groups excluding carboxylic acids is 2. The van der Waals surface area contributed by atoms with Crippen molar-refractivity contribution in [3.63, 3.8) is 0 Å². The van der Waals surface area contributed by atoms with Gasteiger partial charge in [-0.05, 0) is 18.9 Å². The van der Waals surface area contributed by atoms with Crippen molar-refractivity contribution >= 4 is 21.7 Å². The zero-order chi connectivity index (χ0) is 19.9. The van der Waals surface area contributed by atoms with Gasteiger partial charge in [-0.15, -0.1) is 0 Å². The van der Waals surface area contributed by atoms with Crippen molar-refractivity contribution < 1.29 is 23.2 Å². The number of allylic oxidation sites excluding steroid dienone is 4. The molecule has 0 aromatic rings. The molecule has 0 aromatic heterocycles. The zero-order valence-corrected chi connectivity index (χ0v) is 16.3. The van der Waals surface area contributed by atoms with Crippen LogP contribution in [-0.2, 0) is 19.4 Å². The normalized spacial score (nSPS) is 20.7. The third-order valence-electron chi connectivity index (χ3n) is 4.67.